The van der Waals surface area contributed by atoms with E-state index in [4.69, 9.17) is 14.3 Å². The van der Waals surface area contributed by atoms with Crippen LogP contribution in [-0.2, 0) is 11.2 Å². The summed E-state index contributed by atoms with van der Waals surface area (Å²) in [7, 11) is 0. The average Bonchev–Trinajstić information content (AvgIpc) is 2.92. The molecule has 0 fully saturated rings. The molecule has 2 amide bonds. The van der Waals surface area contributed by atoms with Gasteiger partial charge in [-0.05, 0) is 25.3 Å². The SMILES string of the molecule is O=C(NCCCOCCO)NC1CCCc2occc21. The molecule has 1 aliphatic carbocycles. The van der Waals surface area contributed by atoms with Crippen LogP contribution in [0.2, 0.25) is 0 Å². The molecule has 20 heavy (non-hydrogen) atoms. The maximum Gasteiger partial charge on any atom is 0.315 e. The Morgan fingerprint density at radius 1 is 1.50 bits per heavy atom. The van der Waals surface area contributed by atoms with E-state index in [-0.39, 0.29) is 18.7 Å². The lowest BCUT2D eigenvalue weighted by molar-refractivity contribution is 0.0909. The predicted molar refractivity (Wildman–Crippen MR) is 73.4 cm³/mol. The highest BCUT2D eigenvalue weighted by Gasteiger charge is 2.23. The average molecular weight is 282 g/mol. The molecule has 1 aromatic heterocycles. The molecule has 6 heteroatoms. The van der Waals surface area contributed by atoms with Gasteiger partial charge in [-0.3, -0.25) is 0 Å². The predicted octanol–water partition coefficient (Wildman–Crippen LogP) is 1.36. The number of ether oxygens (including phenoxy) is 1. The summed E-state index contributed by atoms with van der Waals surface area (Å²) >= 11 is 0. The minimum Gasteiger partial charge on any atom is -0.469 e. The van der Waals surface area contributed by atoms with Gasteiger partial charge in [0.15, 0.2) is 0 Å². The summed E-state index contributed by atoms with van der Waals surface area (Å²) < 4.78 is 10.5. The molecule has 2 rings (SSSR count). The molecule has 0 saturated carbocycles. The number of carbonyl (C=O) groups excluding carboxylic acids is 1. The maximum atomic E-state index is 11.8. The fourth-order valence-electron chi connectivity index (χ4n) is 2.39. The third kappa shape index (κ3) is 4.25. The number of rotatable bonds is 7. The van der Waals surface area contributed by atoms with Gasteiger partial charge >= 0.3 is 6.03 Å². The molecule has 3 N–H and O–H groups in total. The van der Waals surface area contributed by atoms with E-state index in [1.54, 1.807) is 6.26 Å². The Morgan fingerprint density at radius 3 is 3.25 bits per heavy atom. The van der Waals surface area contributed by atoms with Gasteiger partial charge in [-0.2, -0.15) is 0 Å². The van der Waals surface area contributed by atoms with Crippen LogP contribution in [0.15, 0.2) is 16.7 Å². The van der Waals surface area contributed by atoms with Gasteiger partial charge in [0.05, 0.1) is 25.5 Å². The number of carbonyl (C=O) groups is 1. The van der Waals surface area contributed by atoms with Crippen LogP contribution in [0.3, 0.4) is 0 Å². The Kier molecular flexibility index (Phi) is 5.88. The van der Waals surface area contributed by atoms with Gasteiger partial charge in [-0.25, -0.2) is 4.79 Å². The number of nitrogens with one attached hydrogen (secondary N) is 2. The number of aliphatic hydroxyl groups excluding tert-OH is 1. The number of fused-ring (bicyclic) bond motifs is 1. The van der Waals surface area contributed by atoms with E-state index in [2.05, 4.69) is 10.6 Å². The topological polar surface area (TPSA) is 83.7 Å². The molecular formula is C14H22N2O4. The van der Waals surface area contributed by atoms with E-state index in [9.17, 15) is 4.79 Å². The van der Waals surface area contributed by atoms with Crippen molar-refractivity contribution < 1.29 is 19.1 Å². The largest absolute Gasteiger partial charge is 0.469 e. The monoisotopic (exact) mass is 282 g/mol. The Morgan fingerprint density at radius 2 is 2.40 bits per heavy atom. The number of urea groups is 1. The van der Waals surface area contributed by atoms with Gasteiger partial charge in [0.25, 0.3) is 0 Å². The van der Waals surface area contributed by atoms with Crippen molar-refractivity contribution in [3.8, 4) is 0 Å². The van der Waals surface area contributed by atoms with Crippen molar-refractivity contribution in [2.75, 3.05) is 26.4 Å². The highest BCUT2D eigenvalue weighted by molar-refractivity contribution is 5.74. The summed E-state index contributed by atoms with van der Waals surface area (Å²) in [5, 5.41) is 14.3. The lowest BCUT2D eigenvalue weighted by Gasteiger charge is -2.22. The minimum atomic E-state index is -0.161. The summed E-state index contributed by atoms with van der Waals surface area (Å²) in [6.07, 6.45) is 5.33. The number of aliphatic hydroxyl groups is 1. The van der Waals surface area contributed by atoms with Crippen LogP contribution in [0.25, 0.3) is 0 Å². The minimum absolute atomic E-state index is 0.0304. The molecule has 1 aromatic rings. The number of hydrogen-bond donors (Lipinski definition) is 3. The maximum absolute atomic E-state index is 11.8. The van der Waals surface area contributed by atoms with Gasteiger partial charge in [-0.15, -0.1) is 0 Å². The van der Waals surface area contributed by atoms with E-state index in [1.807, 2.05) is 6.07 Å². The fourth-order valence-corrected chi connectivity index (χ4v) is 2.39. The molecule has 112 valence electrons. The van der Waals surface area contributed by atoms with Crippen LogP contribution in [-0.4, -0.2) is 37.5 Å². The quantitative estimate of drug-likeness (QED) is 0.659. The van der Waals surface area contributed by atoms with Gasteiger partial charge in [0.2, 0.25) is 0 Å². The number of aryl methyl sites for hydroxylation is 1. The van der Waals surface area contributed by atoms with Crippen LogP contribution >= 0.6 is 0 Å². The van der Waals surface area contributed by atoms with E-state index in [1.165, 1.54) is 0 Å². The summed E-state index contributed by atoms with van der Waals surface area (Å²) in [5.74, 6) is 0.985. The third-order valence-electron chi connectivity index (χ3n) is 3.34. The second kappa shape index (κ2) is 7.91. The Hall–Kier alpha value is -1.53. The van der Waals surface area contributed by atoms with Crippen molar-refractivity contribution in [2.24, 2.45) is 0 Å². The molecule has 1 heterocycles. The first kappa shape index (κ1) is 14.9. The zero-order chi connectivity index (χ0) is 14.2. The molecule has 1 aliphatic rings. The Bertz CT molecular complexity index is 419. The Labute approximate surface area is 118 Å². The molecular weight excluding hydrogens is 260 g/mol. The zero-order valence-electron chi connectivity index (χ0n) is 11.6. The lowest BCUT2D eigenvalue weighted by Crippen LogP contribution is -2.39. The fraction of sp³-hybridized carbons (Fsp3) is 0.643. The van der Waals surface area contributed by atoms with E-state index in [0.717, 1.165) is 37.0 Å². The van der Waals surface area contributed by atoms with Gasteiger partial charge < -0.3 is 24.9 Å². The molecule has 6 nitrogen and oxygen atoms in total. The first-order valence-corrected chi connectivity index (χ1v) is 7.10. The molecule has 0 saturated heterocycles. The van der Waals surface area contributed by atoms with Crippen molar-refractivity contribution in [1.29, 1.82) is 0 Å². The first-order chi connectivity index (χ1) is 9.81. The van der Waals surface area contributed by atoms with Gasteiger partial charge in [0, 0.05) is 25.1 Å². The highest BCUT2D eigenvalue weighted by Crippen LogP contribution is 2.30. The summed E-state index contributed by atoms with van der Waals surface area (Å²) in [5.41, 5.74) is 1.10. The van der Waals surface area contributed by atoms with Crippen molar-refractivity contribution in [2.45, 2.75) is 31.7 Å². The van der Waals surface area contributed by atoms with Crippen molar-refractivity contribution in [3.05, 3.63) is 23.7 Å². The van der Waals surface area contributed by atoms with E-state index >= 15 is 0 Å². The van der Waals surface area contributed by atoms with E-state index < -0.39 is 0 Å². The smallest absolute Gasteiger partial charge is 0.315 e. The molecule has 0 radical (unpaired) electrons. The molecule has 0 aliphatic heterocycles. The molecule has 0 spiro atoms. The van der Waals surface area contributed by atoms with Crippen molar-refractivity contribution >= 4 is 6.03 Å². The Balaban J connectivity index is 1.66. The molecule has 1 atom stereocenters. The molecule has 1 unspecified atom stereocenters. The normalized spacial score (nSPS) is 17.6. The molecule has 0 bridgehead atoms. The van der Waals surface area contributed by atoms with Crippen LogP contribution in [0.4, 0.5) is 4.79 Å². The number of hydrogen-bond acceptors (Lipinski definition) is 4. The second-order valence-corrected chi connectivity index (χ2v) is 4.83. The second-order valence-electron chi connectivity index (χ2n) is 4.83. The first-order valence-electron chi connectivity index (χ1n) is 7.10. The number of furan rings is 1. The summed E-state index contributed by atoms with van der Waals surface area (Å²) in [6.45, 7) is 1.47. The lowest BCUT2D eigenvalue weighted by atomic mass is 9.93. The van der Waals surface area contributed by atoms with Crippen molar-refractivity contribution in [1.82, 2.24) is 10.6 Å². The third-order valence-corrected chi connectivity index (χ3v) is 3.34. The standard InChI is InChI=1S/C14H22N2O4/c17-7-10-19-8-2-6-15-14(18)16-12-3-1-4-13-11(12)5-9-20-13/h5,9,12,17H,1-4,6-8,10H2,(H2,15,16,18). The van der Waals surface area contributed by atoms with Crippen LogP contribution in [0.1, 0.15) is 36.6 Å². The van der Waals surface area contributed by atoms with Crippen molar-refractivity contribution in [3.63, 3.8) is 0 Å². The number of amides is 2. The van der Waals surface area contributed by atoms with Gasteiger partial charge in [-0.1, -0.05) is 0 Å². The van der Waals surface area contributed by atoms with Crippen LogP contribution in [0, 0.1) is 0 Å². The zero-order valence-corrected chi connectivity index (χ0v) is 11.6. The molecule has 0 aromatic carbocycles. The van der Waals surface area contributed by atoms with E-state index in [0.29, 0.717) is 19.8 Å². The summed E-state index contributed by atoms with van der Waals surface area (Å²) in [4.78, 5) is 11.8. The van der Waals surface area contributed by atoms with Crippen LogP contribution < -0.4 is 10.6 Å². The van der Waals surface area contributed by atoms with Gasteiger partial charge in [0.1, 0.15) is 5.76 Å². The van der Waals surface area contributed by atoms with Crippen LogP contribution in [0.5, 0.6) is 0 Å². The highest BCUT2D eigenvalue weighted by atomic mass is 16.5. The summed E-state index contributed by atoms with van der Waals surface area (Å²) in [6, 6.07) is 1.82.